The molecule has 3 unspecified atom stereocenters. The summed E-state index contributed by atoms with van der Waals surface area (Å²) in [7, 11) is 1.58. The number of amides is 1. The topological polar surface area (TPSA) is 105 Å². The van der Waals surface area contributed by atoms with E-state index >= 15 is 0 Å². The molecule has 9 heteroatoms. The largest absolute Gasteiger partial charge is 0.472 e. The zero-order valence-corrected chi connectivity index (χ0v) is 47.5. The van der Waals surface area contributed by atoms with E-state index in [0.29, 0.717) is 17.4 Å². The van der Waals surface area contributed by atoms with Crippen molar-refractivity contribution in [2.24, 2.45) is 0 Å². The molecule has 0 spiro atoms. The lowest BCUT2D eigenvalue weighted by Gasteiger charge is -2.25. The molecule has 0 aromatic carbocycles. The lowest BCUT2D eigenvalue weighted by molar-refractivity contribution is -0.870. The van der Waals surface area contributed by atoms with E-state index in [0.717, 1.165) is 44.9 Å². The number of carbonyl (C=O) groups is 1. The third-order valence-corrected chi connectivity index (χ3v) is 14.6. The molecule has 0 fully saturated rings. The van der Waals surface area contributed by atoms with Crippen LogP contribution in [-0.2, 0) is 18.4 Å². The molecule has 3 N–H and O–H groups in total. The first-order chi connectivity index (χ1) is 33.5. The molecule has 408 valence electrons. The van der Waals surface area contributed by atoms with Crippen molar-refractivity contribution in [3.8, 4) is 0 Å². The molecule has 8 nitrogen and oxygen atoms in total. The number of aliphatic hydroxyl groups is 1. The first kappa shape index (κ1) is 67.7. The van der Waals surface area contributed by atoms with Gasteiger partial charge in [-0.1, -0.05) is 269 Å². The van der Waals surface area contributed by atoms with Gasteiger partial charge < -0.3 is 19.8 Å². The van der Waals surface area contributed by atoms with E-state index in [1.54, 1.807) is 6.08 Å². The highest BCUT2D eigenvalue weighted by Crippen LogP contribution is 2.43. The van der Waals surface area contributed by atoms with Gasteiger partial charge in [-0.3, -0.25) is 13.8 Å². The van der Waals surface area contributed by atoms with E-state index in [1.165, 1.54) is 225 Å². The zero-order valence-electron chi connectivity index (χ0n) is 46.6. The van der Waals surface area contributed by atoms with E-state index in [-0.39, 0.29) is 19.1 Å². The van der Waals surface area contributed by atoms with Crippen molar-refractivity contribution in [1.82, 2.24) is 5.32 Å². The van der Waals surface area contributed by atoms with Crippen molar-refractivity contribution in [2.75, 3.05) is 40.9 Å². The van der Waals surface area contributed by atoms with Crippen LogP contribution in [0.1, 0.15) is 290 Å². The van der Waals surface area contributed by atoms with Gasteiger partial charge in [-0.05, 0) is 51.4 Å². The molecule has 0 heterocycles. The molecule has 0 aliphatic carbocycles. The van der Waals surface area contributed by atoms with Crippen LogP contribution >= 0.6 is 7.82 Å². The quantitative estimate of drug-likeness (QED) is 0.0243. The maximum absolute atomic E-state index is 12.9. The minimum Gasteiger partial charge on any atom is -0.387 e. The minimum atomic E-state index is -4.34. The van der Waals surface area contributed by atoms with Gasteiger partial charge in [-0.25, -0.2) is 4.57 Å². The molecule has 0 rings (SSSR count). The van der Waals surface area contributed by atoms with Crippen LogP contribution in [0.25, 0.3) is 0 Å². The number of quaternary nitrogens is 1. The fraction of sp³-hybridized carbons (Fsp3) is 0.883. The van der Waals surface area contributed by atoms with Crippen molar-refractivity contribution in [3.05, 3.63) is 36.5 Å². The number of phosphoric ester groups is 1. The molecule has 0 saturated heterocycles. The summed E-state index contributed by atoms with van der Waals surface area (Å²) in [4.78, 5) is 23.2. The molecule has 0 aliphatic rings. The van der Waals surface area contributed by atoms with Crippen LogP contribution in [0.3, 0.4) is 0 Å². The highest BCUT2D eigenvalue weighted by Gasteiger charge is 2.27. The normalized spacial score (nSPS) is 14.1. The number of hydrogen-bond acceptors (Lipinski definition) is 5. The third-order valence-electron chi connectivity index (χ3n) is 13.6. The second kappa shape index (κ2) is 51.6. The predicted octanol–water partition coefficient (Wildman–Crippen LogP) is 18.2. The van der Waals surface area contributed by atoms with Crippen molar-refractivity contribution < 1.29 is 32.9 Å². The summed E-state index contributed by atoms with van der Waals surface area (Å²) >= 11 is 0. The molecule has 0 aliphatic heterocycles. The summed E-state index contributed by atoms with van der Waals surface area (Å²) in [5.41, 5.74) is 0. The molecule has 69 heavy (non-hydrogen) atoms. The second-order valence-corrected chi connectivity index (χ2v) is 23.2. The van der Waals surface area contributed by atoms with Crippen molar-refractivity contribution >= 4 is 13.7 Å². The highest BCUT2D eigenvalue weighted by atomic mass is 31.2. The Morgan fingerprint density at radius 3 is 1.19 bits per heavy atom. The summed E-state index contributed by atoms with van der Waals surface area (Å²) in [6.45, 7) is 4.83. The standard InChI is InChI=1S/C60H117N2O6P/c1-6-8-10-12-14-16-18-20-21-22-23-24-25-26-27-28-29-30-31-32-33-34-35-36-37-38-39-40-41-42-44-46-48-50-52-54-60(64)61-58(57-68-69(65,66)67-56-55-62(3,4)5)59(63)53-51-49-47-45-43-19-17-15-13-11-9-7-2/h25-26,28-29,51,53,58-59,63H,6-24,27,30-50,52,54-57H2,1-5H3,(H-,61,64,65,66)/p+1/b26-25-,29-28-,53-51+. The summed E-state index contributed by atoms with van der Waals surface area (Å²) in [5, 5.41) is 13.9. The van der Waals surface area contributed by atoms with Gasteiger partial charge in [0.2, 0.25) is 5.91 Å². The Morgan fingerprint density at radius 2 is 0.826 bits per heavy atom. The number of phosphoric acid groups is 1. The Bertz CT molecular complexity index is 1220. The Morgan fingerprint density at radius 1 is 0.493 bits per heavy atom. The summed E-state index contributed by atoms with van der Waals surface area (Å²) in [6.07, 6.45) is 67.0. The number of hydrogen-bond donors (Lipinski definition) is 3. The molecule has 0 aromatic heterocycles. The number of allylic oxidation sites excluding steroid dienone is 5. The third kappa shape index (κ3) is 54.3. The fourth-order valence-electron chi connectivity index (χ4n) is 8.90. The number of nitrogens with zero attached hydrogens (tertiary/aromatic N) is 1. The molecular formula is C60H118N2O6P+. The van der Waals surface area contributed by atoms with E-state index in [1.807, 2.05) is 27.2 Å². The van der Waals surface area contributed by atoms with Gasteiger partial charge in [0.1, 0.15) is 13.2 Å². The zero-order chi connectivity index (χ0) is 50.6. The van der Waals surface area contributed by atoms with Gasteiger partial charge in [0, 0.05) is 6.42 Å². The highest BCUT2D eigenvalue weighted by molar-refractivity contribution is 7.47. The minimum absolute atomic E-state index is 0.0626. The van der Waals surface area contributed by atoms with Crippen molar-refractivity contribution in [3.63, 3.8) is 0 Å². The summed E-state index contributed by atoms with van der Waals surface area (Å²) in [5.74, 6) is -0.175. The van der Waals surface area contributed by atoms with Crippen molar-refractivity contribution in [2.45, 2.75) is 302 Å². The van der Waals surface area contributed by atoms with E-state index in [2.05, 4.69) is 43.5 Å². The average Bonchev–Trinajstić information content (AvgIpc) is 3.31. The van der Waals surface area contributed by atoms with E-state index < -0.39 is 20.0 Å². The smallest absolute Gasteiger partial charge is 0.387 e. The van der Waals surface area contributed by atoms with Gasteiger partial charge in [-0.2, -0.15) is 0 Å². The first-order valence-corrected chi connectivity index (χ1v) is 31.4. The van der Waals surface area contributed by atoms with Gasteiger partial charge >= 0.3 is 7.82 Å². The summed E-state index contributed by atoms with van der Waals surface area (Å²) < 4.78 is 23.6. The Kier molecular flexibility index (Phi) is 50.7. The first-order valence-electron chi connectivity index (χ1n) is 29.9. The van der Waals surface area contributed by atoms with Gasteiger partial charge in [0.25, 0.3) is 0 Å². The lowest BCUT2D eigenvalue weighted by atomic mass is 10.0. The maximum atomic E-state index is 12.9. The van der Waals surface area contributed by atoms with Crippen molar-refractivity contribution in [1.29, 1.82) is 0 Å². The molecule has 0 saturated carbocycles. The fourth-order valence-corrected chi connectivity index (χ4v) is 9.63. The maximum Gasteiger partial charge on any atom is 0.472 e. The van der Waals surface area contributed by atoms with Gasteiger partial charge in [0.05, 0.1) is 39.9 Å². The summed E-state index contributed by atoms with van der Waals surface area (Å²) in [6, 6.07) is -0.844. The molecule has 1 amide bonds. The molecular weight excluding hydrogens is 876 g/mol. The number of rotatable bonds is 55. The van der Waals surface area contributed by atoms with E-state index in [9.17, 15) is 19.4 Å². The molecule has 3 atom stereocenters. The van der Waals surface area contributed by atoms with Crippen LogP contribution < -0.4 is 5.32 Å². The van der Waals surface area contributed by atoms with Crippen LogP contribution in [0.5, 0.6) is 0 Å². The van der Waals surface area contributed by atoms with Crippen LogP contribution in [0.2, 0.25) is 0 Å². The van der Waals surface area contributed by atoms with E-state index in [4.69, 9.17) is 9.05 Å². The van der Waals surface area contributed by atoms with Crippen LogP contribution in [0.4, 0.5) is 0 Å². The van der Waals surface area contributed by atoms with Crippen LogP contribution in [0, 0.1) is 0 Å². The molecule has 0 aromatic rings. The number of carbonyl (C=O) groups excluding carboxylic acids is 1. The second-order valence-electron chi connectivity index (χ2n) is 21.7. The lowest BCUT2D eigenvalue weighted by Crippen LogP contribution is -2.45. The average molecular weight is 995 g/mol. The SMILES string of the molecule is CCCCCCCCCCCC/C=C/C(O)C(COP(=O)(O)OCC[N+](C)(C)C)NC(=O)CCCCCCCCCCCCCCCCCCC/C=C\C/C=C\CCCCCCCCCCCCC. The molecule has 0 radical (unpaired) electrons. The number of nitrogens with one attached hydrogen (secondary N) is 1. The molecule has 0 bridgehead atoms. The number of likely N-dealkylation sites (N-methyl/N-ethyl adjacent to an activating group) is 1. The Labute approximate surface area is 429 Å². The number of aliphatic hydroxyl groups excluding tert-OH is 1. The van der Waals surface area contributed by atoms with Gasteiger partial charge in [0.15, 0.2) is 0 Å². The monoisotopic (exact) mass is 994 g/mol. The van der Waals surface area contributed by atoms with Gasteiger partial charge in [-0.15, -0.1) is 0 Å². The Balaban J connectivity index is 3.95. The number of unbranched alkanes of at least 4 members (excludes halogenated alkanes) is 38. The van der Waals surface area contributed by atoms with Crippen LogP contribution in [-0.4, -0.2) is 73.4 Å². The predicted molar refractivity (Wildman–Crippen MR) is 300 cm³/mol. The van der Waals surface area contributed by atoms with Crippen LogP contribution in [0.15, 0.2) is 36.5 Å². The Hall–Kier alpha value is -1.28.